The highest BCUT2D eigenvalue weighted by molar-refractivity contribution is 6.45. The Hall–Kier alpha value is -3.15. The Balaban J connectivity index is 2.19. The predicted octanol–water partition coefficient (Wildman–Crippen LogP) is 3.03. The molecule has 2 aromatic carbocycles. The molecule has 0 heterocycles. The summed E-state index contributed by atoms with van der Waals surface area (Å²) in [5.74, 6) is -0.334. The van der Waals surface area contributed by atoms with Crippen molar-refractivity contribution in [2.75, 3.05) is 14.2 Å². The lowest BCUT2D eigenvalue weighted by molar-refractivity contribution is -0.114. The molecule has 26 heavy (non-hydrogen) atoms. The van der Waals surface area contributed by atoms with Crippen molar-refractivity contribution < 1.29 is 14.5 Å². The van der Waals surface area contributed by atoms with Crippen LogP contribution < -0.4 is 5.32 Å². The maximum atomic E-state index is 12.1. The number of benzene rings is 2. The van der Waals surface area contributed by atoms with Crippen LogP contribution in [0.3, 0.4) is 0 Å². The summed E-state index contributed by atoms with van der Waals surface area (Å²) in [6.07, 6.45) is 0. The fourth-order valence-corrected chi connectivity index (χ4v) is 2.42. The van der Waals surface area contributed by atoms with Crippen LogP contribution in [0.1, 0.15) is 29.2 Å². The average molecular weight is 353 g/mol. The summed E-state index contributed by atoms with van der Waals surface area (Å²) < 4.78 is 0. The van der Waals surface area contributed by atoms with Gasteiger partial charge in [-0.05, 0) is 19.4 Å². The first-order valence-corrected chi connectivity index (χ1v) is 8.22. The number of rotatable bonds is 7. The van der Waals surface area contributed by atoms with Crippen LogP contribution in [-0.4, -0.2) is 31.5 Å². The number of nitrogens with zero attached hydrogens (tertiary/aromatic N) is 2. The van der Waals surface area contributed by atoms with Crippen LogP contribution in [0.25, 0.3) is 0 Å². The van der Waals surface area contributed by atoms with E-state index in [0.717, 1.165) is 22.4 Å². The summed E-state index contributed by atoms with van der Waals surface area (Å²) in [6, 6.07) is 15.4. The third-order valence-electron chi connectivity index (χ3n) is 3.75. The summed E-state index contributed by atoms with van der Waals surface area (Å²) >= 11 is 0. The van der Waals surface area contributed by atoms with Crippen molar-refractivity contribution in [2.24, 2.45) is 10.3 Å². The minimum atomic E-state index is -0.334. The molecule has 0 radical (unpaired) electrons. The minimum Gasteiger partial charge on any atom is -0.398 e. The van der Waals surface area contributed by atoms with Crippen molar-refractivity contribution in [3.8, 4) is 0 Å². The molecule has 136 valence electrons. The molecule has 0 aliphatic heterocycles. The van der Waals surface area contributed by atoms with Crippen LogP contribution in [0.2, 0.25) is 0 Å². The van der Waals surface area contributed by atoms with Gasteiger partial charge in [0.15, 0.2) is 5.71 Å². The number of oxime groups is 2. The SMILES string of the molecule is CNC(=O)/C(=N/OC)c1ccccc1CO/N=C(\C)c1cccc(C)c1. The fraction of sp³-hybridized carbons (Fsp3) is 0.250. The number of nitrogens with one attached hydrogen (secondary N) is 1. The molecule has 0 saturated heterocycles. The highest BCUT2D eigenvalue weighted by atomic mass is 16.6. The highest BCUT2D eigenvalue weighted by Gasteiger charge is 2.17. The van der Waals surface area contributed by atoms with Crippen molar-refractivity contribution in [3.05, 3.63) is 70.8 Å². The largest absolute Gasteiger partial charge is 0.398 e. The smallest absolute Gasteiger partial charge is 0.273 e. The average Bonchev–Trinajstić information content (AvgIpc) is 2.66. The van der Waals surface area contributed by atoms with E-state index in [1.165, 1.54) is 7.11 Å². The lowest BCUT2D eigenvalue weighted by Crippen LogP contribution is -2.29. The topological polar surface area (TPSA) is 72.3 Å². The fourth-order valence-electron chi connectivity index (χ4n) is 2.42. The third kappa shape index (κ3) is 4.92. The molecule has 0 aliphatic rings. The first-order valence-electron chi connectivity index (χ1n) is 8.22. The summed E-state index contributed by atoms with van der Waals surface area (Å²) in [5, 5.41) is 10.6. The highest BCUT2D eigenvalue weighted by Crippen LogP contribution is 2.13. The molecule has 0 unspecified atom stereocenters. The molecule has 2 aromatic rings. The number of carbonyl (C=O) groups excluding carboxylic acids is 1. The second kappa shape index (κ2) is 9.36. The third-order valence-corrected chi connectivity index (χ3v) is 3.75. The molecule has 0 bridgehead atoms. The summed E-state index contributed by atoms with van der Waals surface area (Å²) in [4.78, 5) is 22.4. The van der Waals surface area contributed by atoms with Crippen molar-refractivity contribution in [1.82, 2.24) is 5.32 Å². The van der Waals surface area contributed by atoms with Gasteiger partial charge in [-0.1, -0.05) is 64.4 Å². The van der Waals surface area contributed by atoms with Gasteiger partial charge in [0.05, 0.1) is 5.71 Å². The number of amides is 1. The van der Waals surface area contributed by atoms with Crippen molar-refractivity contribution in [2.45, 2.75) is 20.5 Å². The Bertz CT molecular complexity index is 829. The maximum Gasteiger partial charge on any atom is 0.273 e. The molecule has 6 nitrogen and oxygen atoms in total. The summed E-state index contributed by atoms with van der Waals surface area (Å²) in [6.45, 7) is 4.13. The Morgan fingerprint density at radius 3 is 2.58 bits per heavy atom. The van der Waals surface area contributed by atoms with Crippen molar-refractivity contribution in [1.29, 1.82) is 0 Å². The first kappa shape index (κ1) is 19.2. The molecular weight excluding hydrogens is 330 g/mol. The second-order valence-corrected chi connectivity index (χ2v) is 5.68. The van der Waals surface area contributed by atoms with Crippen LogP contribution in [0.5, 0.6) is 0 Å². The number of hydrogen-bond donors (Lipinski definition) is 1. The van der Waals surface area contributed by atoms with E-state index in [1.54, 1.807) is 13.1 Å². The van der Waals surface area contributed by atoms with Gasteiger partial charge in [-0.15, -0.1) is 0 Å². The number of carbonyl (C=O) groups is 1. The van der Waals surface area contributed by atoms with Crippen LogP contribution in [0.4, 0.5) is 0 Å². The number of aryl methyl sites for hydroxylation is 1. The molecule has 0 atom stereocenters. The van der Waals surface area contributed by atoms with Crippen molar-refractivity contribution in [3.63, 3.8) is 0 Å². The zero-order valence-electron chi connectivity index (χ0n) is 15.4. The molecule has 2 rings (SSSR count). The minimum absolute atomic E-state index is 0.189. The number of likely N-dealkylation sites (N-methyl/N-ethyl adjacent to an activating group) is 1. The van der Waals surface area contributed by atoms with E-state index in [4.69, 9.17) is 9.68 Å². The predicted molar refractivity (Wildman–Crippen MR) is 102 cm³/mol. The molecule has 1 amide bonds. The standard InChI is InChI=1S/C20H23N3O3/c1-14-8-7-10-16(12-14)15(2)22-26-13-17-9-5-6-11-18(17)19(23-25-4)20(24)21-3/h5-12H,13H2,1-4H3,(H,21,24)/b22-15+,23-19+. The van der Waals surface area contributed by atoms with E-state index in [0.29, 0.717) is 5.56 Å². The molecular formula is C20H23N3O3. The van der Waals surface area contributed by atoms with Crippen LogP contribution in [0.15, 0.2) is 58.8 Å². The summed E-state index contributed by atoms with van der Waals surface area (Å²) in [7, 11) is 2.94. The van der Waals surface area contributed by atoms with Crippen LogP contribution in [0, 0.1) is 6.92 Å². The van der Waals surface area contributed by atoms with E-state index in [1.807, 2.05) is 56.3 Å². The Morgan fingerprint density at radius 2 is 1.88 bits per heavy atom. The van der Waals surface area contributed by atoms with Gasteiger partial charge < -0.3 is 15.0 Å². The lowest BCUT2D eigenvalue weighted by Gasteiger charge is -2.10. The monoisotopic (exact) mass is 353 g/mol. The molecule has 0 spiro atoms. The molecule has 1 N–H and O–H groups in total. The molecule has 6 heteroatoms. The van der Waals surface area contributed by atoms with E-state index < -0.39 is 0 Å². The maximum absolute atomic E-state index is 12.1. The quantitative estimate of drug-likeness (QED) is 0.614. The first-order chi connectivity index (χ1) is 12.6. The van der Waals surface area contributed by atoms with Gasteiger partial charge >= 0.3 is 0 Å². The van der Waals surface area contributed by atoms with Gasteiger partial charge in [-0.25, -0.2) is 0 Å². The molecule has 0 fully saturated rings. The van der Waals surface area contributed by atoms with E-state index in [9.17, 15) is 4.79 Å². The summed E-state index contributed by atoms with van der Waals surface area (Å²) in [5.41, 5.74) is 4.56. The van der Waals surface area contributed by atoms with Gasteiger partial charge in [0, 0.05) is 18.2 Å². The second-order valence-electron chi connectivity index (χ2n) is 5.68. The Kier molecular flexibility index (Phi) is 6.91. The van der Waals surface area contributed by atoms with Gasteiger partial charge in [0.25, 0.3) is 5.91 Å². The zero-order chi connectivity index (χ0) is 18.9. The zero-order valence-corrected chi connectivity index (χ0v) is 15.4. The van der Waals surface area contributed by atoms with E-state index in [2.05, 4.69) is 15.6 Å². The Morgan fingerprint density at radius 1 is 1.12 bits per heavy atom. The van der Waals surface area contributed by atoms with Crippen LogP contribution in [-0.2, 0) is 21.1 Å². The lowest BCUT2D eigenvalue weighted by atomic mass is 10.0. The Labute approximate surface area is 153 Å². The van der Waals surface area contributed by atoms with Crippen molar-refractivity contribution >= 4 is 17.3 Å². The molecule has 0 aliphatic carbocycles. The van der Waals surface area contributed by atoms with E-state index >= 15 is 0 Å². The normalized spacial score (nSPS) is 11.8. The van der Waals surface area contributed by atoms with Gasteiger partial charge in [-0.3, -0.25) is 4.79 Å². The van der Waals surface area contributed by atoms with Crippen LogP contribution >= 0.6 is 0 Å². The molecule has 0 saturated carbocycles. The number of hydrogen-bond acceptors (Lipinski definition) is 5. The van der Waals surface area contributed by atoms with Gasteiger partial charge in [0.1, 0.15) is 13.7 Å². The van der Waals surface area contributed by atoms with E-state index in [-0.39, 0.29) is 18.2 Å². The molecule has 0 aromatic heterocycles. The van der Waals surface area contributed by atoms with Gasteiger partial charge in [-0.2, -0.15) is 0 Å². The van der Waals surface area contributed by atoms with Gasteiger partial charge in [0.2, 0.25) is 0 Å².